The molecular weight excluding hydrogens is 381 g/mol. The van der Waals surface area contributed by atoms with Crippen LogP contribution in [0.2, 0.25) is 10.0 Å². The number of hydrogen-bond donors (Lipinski definition) is 2. The number of carbonyl (C=O) groups excluding carboxylic acids is 1. The second kappa shape index (κ2) is 7.19. The number of anilines is 2. The van der Waals surface area contributed by atoms with E-state index in [9.17, 15) is 4.79 Å². The van der Waals surface area contributed by atoms with Crippen molar-refractivity contribution in [3.05, 3.63) is 45.7 Å². The van der Waals surface area contributed by atoms with E-state index in [1.54, 1.807) is 31.2 Å². The molecule has 0 radical (unpaired) electrons. The predicted octanol–water partition coefficient (Wildman–Crippen LogP) is 3.59. The van der Waals surface area contributed by atoms with Gasteiger partial charge < -0.3 is 15.8 Å². The lowest BCUT2D eigenvalue weighted by Crippen LogP contribution is -2.15. The van der Waals surface area contributed by atoms with Crippen LogP contribution in [0, 0.1) is 6.92 Å². The molecule has 3 rings (SSSR count). The van der Waals surface area contributed by atoms with E-state index in [1.807, 2.05) is 0 Å². The normalized spacial score (nSPS) is 10.6. The molecule has 2 heterocycles. The fraction of sp³-hybridized carbons (Fsp3) is 0.125. The number of benzene rings is 1. The number of aromatic nitrogens is 3. The molecule has 1 aromatic carbocycles. The summed E-state index contributed by atoms with van der Waals surface area (Å²) >= 11 is 12.4. The maximum Gasteiger partial charge on any atom is 0.281 e. The molecule has 0 spiro atoms. The van der Waals surface area contributed by atoms with Gasteiger partial charge in [-0.25, -0.2) is 9.61 Å². The Morgan fingerprint density at radius 2 is 2.00 bits per heavy atom. The quantitative estimate of drug-likeness (QED) is 0.695. The molecule has 0 aliphatic carbocycles. The third kappa shape index (κ3) is 3.42. The molecule has 2 aromatic heterocycles. The number of ether oxygens (including phenoxy) is 1. The number of amides is 1. The molecule has 26 heavy (non-hydrogen) atoms. The van der Waals surface area contributed by atoms with Crippen molar-refractivity contribution in [2.24, 2.45) is 0 Å². The highest BCUT2D eigenvalue weighted by atomic mass is 35.5. The Bertz CT molecular complexity index is 990. The molecule has 0 saturated carbocycles. The van der Waals surface area contributed by atoms with E-state index < -0.39 is 5.91 Å². The van der Waals surface area contributed by atoms with E-state index in [0.717, 1.165) is 0 Å². The largest absolute Gasteiger partial charge is 0.495 e. The summed E-state index contributed by atoms with van der Waals surface area (Å²) in [5.74, 6) is 0.304. The second-order valence-corrected chi connectivity index (χ2v) is 6.07. The Kier molecular flexibility index (Phi) is 4.97. The highest BCUT2D eigenvalue weighted by Crippen LogP contribution is 2.40. The van der Waals surface area contributed by atoms with Crippen molar-refractivity contribution in [2.75, 3.05) is 18.2 Å². The summed E-state index contributed by atoms with van der Waals surface area (Å²) in [5.41, 5.74) is 7.58. The van der Waals surface area contributed by atoms with Gasteiger partial charge in [0.05, 0.1) is 12.1 Å². The van der Waals surface area contributed by atoms with E-state index in [-0.39, 0.29) is 17.3 Å². The molecule has 0 aliphatic rings. The molecule has 0 fully saturated rings. The molecule has 0 aliphatic heterocycles. The zero-order valence-electron chi connectivity index (χ0n) is 13.7. The van der Waals surface area contributed by atoms with Crippen LogP contribution in [0.3, 0.4) is 0 Å². The summed E-state index contributed by atoms with van der Waals surface area (Å²) in [5, 5.41) is 10.5. The van der Waals surface area contributed by atoms with Gasteiger partial charge >= 0.3 is 0 Å². The third-order valence-electron chi connectivity index (χ3n) is 3.55. The molecular formula is C16H13Cl2N5O3. The Morgan fingerprint density at radius 1 is 1.23 bits per heavy atom. The van der Waals surface area contributed by atoms with Gasteiger partial charge in [0.15, 0.2) is 5.69 Å². The van der Waals surface area contributed by atoms with Crippen LogP contribution in [-0.2, 0) is 0 Å². The molecule has 134 valence electrons. The lowest BCUT2D eigenvalue weighted by Gasteiger charge is -2.12. The summed E-state index contributed by atoms with van der Waals surface area (Å²) in [4.78, 5) is 16.3. The van der Waals surface area contributed by atoms with Crippen LogP contribution in [0.5, 0.6) is 5.75 Å². The van der Waals surface area contributed by atoms with Crippen LogP contribution in [0.1, 0.15) is 16.2 Å². The number of carbonyl (C=O) groups is 1. The summed E-state index contributed by atoms with van der Waals surface area (Å²) in [6.45, 7) is 1.60. The number of nitrogens with one attached hydrogen (secondary N) is 1. The van der Waals surface area contributed by atoms with Crippen molar-refractivity contribution in [1.29, 1.82) is 0 Å². The smallest absolute Gasteiger partial charge is 0.281 e. The van der Waals surface area contributed by atoms with Crippen molar-refractivity contribution < 1.29 is 14.2 Å². The minimum absolute atomic E-state index is 0.0667. The maximum atomic E-state index is 12.1. The van der Waals surface area contributed by atoms with Crippen molar-refractivity contribution in [1.82, 2.24) is 15.3 Å². The number of nitrogens with zero attached hydrogens (tertiary/aromatic N) is 3. The van der Waals surface area contributed by atoms with E-state index in [4.69, 9.17) is 33.7 Å². The Balaban J connectivity index is 1.93. The predicted molar refractivity (Wildman–Crippen MR) is 97.6 cm³/mol. The molecule has 3 N–H and O–H groups in total. The monoisotopic (exact) mass is 393 g/mol. The maximum absolute atomic E-state index is 12.1. The number of aryl methyl sites for hydroxylation is 1. The van der Waals surface area contributed by atoms with E-state index in [2.05, 4.69) is 25.2 Å². The average Bonchev–Trinajstić information content (AvgIpc) is 3.03. The topological polar surface area (TPSA) is 116 Å². The van der Waals surface area contributed by atoms with Gasteiger partial charge in [-0.1, -0.05) is 28.4 Å². The summed E-state index contributed by atoms with van der Waals surface area (Å²) in [7, 11) is 1.49. The number of rotatable bonds is 4. The van der Waals surface area contributed by atoms with E-state index in [0.29, 0.717) is 32.6 Å². The van der Waals surface area contributed by atoms with E-state index in [1.165, 1.54) is 7.11 Å². The SMILES string of the molecule is COc1cc(Cl)cc(-c2ccc(NC(=O)c3nonc3C)nc2N)c1Cl. The summed E-state index contributed by atoms with van der Waals surface area (Å²) in [6.07, 6.45) is 0. The first-order chi connectivity index (χ1) is 12.4. The minimum Gasteiger partial charge on any atom is -0.495 e. The van der Waals surface area contributed by atoms with E-state index >= 15 is 0 Å². The van der Waals surface area contributed by atoms with Gasteiger partial charge in [-0.2, -0.15) is 0 Å². The summed E-state index contributed by atoms with van der Waals surface area (Å²) in [6, 6.07) is 6.50. The average molecular weight is 394 g/mol. The molecule has 3 aromatic rings. The lowest BCUT2D eigenvalue weighted by molar-refractivity contribution is 0.101. The molecule has 0 saturated heterocycles. The Labute approximate surface area is 158 Å². The first-order valence-corrected chi connectivity index (χ1v) is 8.06. The molecule has 0 unspecified atom stereocenters. The van der Waals surface area contributed by atoms with Gasteiger partial charge in [-0.05, 0) is 30.3 Å². The van der Waals surface area contributed by atoms with Gasteiger partial charge in [0.2, 0.25) is 0 Å². The number of nitrogens with two attached hydrogens (primary N) is 1. The van der Waals surface area contributed by atoms with Crippen LogP contribution < -0.4 is 15.8 Å². The minimum atomic E-state index is -0.508. The van der Waals surface area contributed by atoms with Crippen molar-refractivity contribution in [3.63, 3.8) is 0 Å². The van der Waals surface area contributed by atoms with Gasteiger partial charge in [0, 0.05) is 22.2 Å². The van der Waals surface area contributed by atoms with Crippen LogP contribution in [0.4, 0.5) is 11.6 Å². The van der Waals surface area contributed by atoms with Crippen molar-refractivity contribution in [3.8, 4) is 16.9 Å². The molecule has 1 amide bonds. The third-order valence-corrected chi connectivity index (χ3v) is 4.16. The first-order valence-electron chi connectivity index (χ1n) is 7.31. The second-order valence-electron chi connectivity index (χ2n) is 5.25. The lowest BCUT2D eigenvalue weighted by atomic mass is 10.1. The Morgan fingerprint density at radius 3 is 2.62 bits per heavy atom. The first kappa shape index (κ1) is 18.0. The summed E-state index contributed by atoms with van der Waals surface area (Å²) < 4.78 is 9.71. The standard InChI is InChI=1S/C16H13Cl2N5O3/c1-7-14(23-26-22-7)16(24)21-12-4-3-9(15(19)20-12)10-5-8(17)6-11(25-2)13(10)18/h3-6H,1-2H3,(H3,19,20,21,24). The molecule has 0 bridgehead atoms. The number of pyridine rings is 1. The number of hydrogen-bond acceptors (Lipinski definition) is 7. The van der Waals surface area contributed by atoms with Gasteiger partial charge in [-0.3, -0.25) is 4.79 Å². The zero-order chi connectivity index (χ0) is 18.8. The molecule has 8 nitrogen and oxygen atoms in total. The highest BCUT2D eigenvalue weighted by molar-refractivity contribution is 6.37. The van der Waals surface area contributed by atoms with Crippen LogP contribution in [-0.4, -0.2) is 28.3 Å². The molecule has 10 heteroatoms. The van der Waals surface area contributed by atoms with Crippen molar-refractivity contribution >= 4 is 40.7 Å². The Hall–Kier alpha value is -2.84. The van der Waals surface area contributed by atoms with Gasteiger partial charge in [0.1, 0.15) is 23.1 Å². The zero-order valence-corrected chi connectivity index (χ0v) is 15.2. The molecule has 0 atom stereocenters. The van der Waals surface area contributed by atoms with Crippen LogP contribution >= 0.6 is 23.2 Å². The van der Waals surface area contributed by atoms with Crippen LogP contribution in [0.15, 0.2) is 28.9 Å². The highest BCUT2D eigenvalue weighted by Gasteiger charge is 2.18. The fourth-order valence-electron chi connectivity index (χ4n) is 2.29. The van der Waals surface area contributed by atoms with Gasteiger partial charge in [0.25, 0.3) is 5.91 Å². The number of nitrogen functional groups attached to an aromatic ring is 1. The number of halogens is 2. The van der Waals surface area contributed by atoms with Crippen LogP contribution in [0.25, 0.3) is 11.1 Å². The van der Waals surface area contributed by atoms with Gasteiger partial charge in [-0.15, -0.1) is 0 Å². The van der Waals surface area contributed by atoms with Crippen molar-refractivity contribution in [2.45, 2.75) is 6.92 Å². The fourth-order valence-corrected chi connectivity index (χ4v) is 2.79. The number of methoxy groups -OCH3 is 1.